The van der Waals surface area contributed by atoms with E-state index in [-0.39, 0.29) is 18.2 Å². The lowest BCUT2D eigenvalue weighted by atomic mass is 10.0. The molecule has 128 valence electrons. The Labute approximate surface area is 145 Å². The molecule has 1 fully saturated rings. The van der Waals surface area contributed by atoms with Gasteiger partial charge in [-0.3, -0.25) is 4.68 Å². The van der Waals surface area contributed by atoms with Gasteiger partial charge in [-0.1, -0.05) is 23.7 Å². The number of amides is 1. The van der Waals surface area contributed by atoms with Crippen molar-refractivity contribution in [2.45, 2.75) is 31.5 Å². The van der Waals surface area contributed by atoms with Crippen LogP contribution in [0.5, 0.6) is 0 Å². The SMILES string of the molecule is C[C@@H]([C@H]1CN(C(=O)O)[C@@H](Cc2ccc(Cl)cc2)CO1)n1cccn1. The van der Waals surface area contributed by atoms with E-state index < -0.39 is 6.09 Å². The third-order valence-corrected chi connectivity index (χ3v) is 4.68. The van der Waals surface area contributed by atoms with Gasteiger partial charge >= 0.3 is 6.09 Å². The summed E-state index contributed by atoms with van der Waals surface area (Å²) in [7, 11) is 0. The molecular weight excluding hydrogens is 330 g/mol. The summed E-state index contributed by atoms with van der Waals surface area (Å²) in [6.45, 7) is 2.68. The summed E-state index contributed by atoms with van der Waals surface area (Å²) < 4.78 is 7.76. The molecule has 1 aromatic carbocycles. The molecule has 3 rings (SSSR count). The van der Waals surface area contributed by atoms with Crippen molar-refractivity contribution < 1.29 is 14.6 Å². The summed E-state index contributed by atoms with van der Waals surface area (Å²) >= 11 is 5.90. The Morgan fingerprint density at radius 3 is 2.83 bits per heavy atom. The molecule has 2 heterocycles. The van der Waals surface area contributed by atoms with E-state index in [0.29, 0.717) is 24.6 Å². The van der Waals surface area contributed by atoms with Crippen molar-refractivity contribution >= 4 is 17.7 Å². The third-order valence-electron chi connectivity index (χ3n) is 4.43. The fourth-order valence-corrected chi connectivity index (χ4v) is 3.13. The van der Waals surface area contributed by atoms with E-state index in [9.17, 15) is 9.90 Å². The number of aromatic nitrogens is 2. The van der Waals surface area contributed by atoms with Crippen molar-refractivity contribution in [2.24, 2.45) is 0 Å². The molecule has 0 spiro atoms. The first-order chi connectivity index (χ1) is 11.5. The van der Waals surface area contributed by atoms with E-state index in [1.54, 1.807) is 10.9 Å². The molecule has 1 N–H and O–H groups in total. The van der Waals surface area contributed by atoms with Crippen LogP contribution in [0.4, 0.5) is 4.79 Å². The largest absolute Gasteiger partial charge is 0.465 e. The average Bonchev–Trinajstić information content (AvgIpc) is 3.11. The number of rotatable bonds is 4. The van der Waals surface area contributed by atoms with Crippen molar-refractivity contribution in [1.82, 2.24) is 14.7 Å². The summed E-state index contributed by atoms with van der Waals surface area (Å²) in [6.07, 6.45) is 3.03. The lowest BCUT2D eigenvalue weighted by Crippen LogP contribution is -2.54. The highest BCUT2D eigenvalue weighted by molar-refractivity contribution is 6.30. The van der Waals surface area contributed by atoms with Crippen LogP contribution in [-0.2, 0) is 11.2 Å². The molecule has 1 aliphatic rings. The normalized spacial score (nSPS) is 22.3. The van der Waals surface area contributed by atoms with E-state index in [1.165, 1.54) is 4.90 Å². The van der Waals surface area contributed by atoms with Gasteiger partial charge in [-0.15, -0.1) is 0 Å². The fraction of sp³-hybridized carbons (Fsp3) is 0.412. The molecule has 2 aromatic rings. The topological polar surface area (TPSA) is 67.6 Å². The Balaban J connectivity index is 1.69. The highest BCUT2D eigenvalue weighted by Gasteiger charge is 2.35. The second kappa shape index (κ2) is 7.23. The van der Waals surface area contributed by atoms with Crippen LogP contribution in [-0.4, -0.2) is 51.2 Å². The lowest BCUT2D eigenvalue weighted by molar-refractivity contribution is -0.0734. The first-order valence-electron chi connectivity index (χ1n) is 7.89. The van der Waals surface area contributed by atoms with Gasteiger partial charge in [0.05, 0.1) is 31.3 Å². The smallest absolute Gasteiger partial charge is 0.407 e. The number of hydrogen-bond acceptors (Lipinski definition) is 3. The molecule has 7 heteroatoms. The van der Waals surface area contributed by atoms with Crippen LogP contribution in [0.3, 0.4) is 0 Å². The number of morpholine rings is 1. The molecule has 6 nitrogen and oxygen atoms in total. The highest BCUT2D eigenvalue weighted by atomic mass is 35.5. The Morgan fingerprint density at radius 1 is 1.46 bits per heavy atom. The minimum Gasteiger partial charge on any atom is -0.465 e. The summed E-state index contributed by atoms with van der Waals surface area (Å²) in [6, 6.07) is 9.07. The predicted molar refractivity (Wildman–Crippen MR) is 90.4 cm³/mol. The first-order valence-corrected chi connectivity index (χ1v) is 8.27. The standard InChI is InChI=1S/C17H20ClN3O3/c1-12(21-8-2-7-19-21)16-10-20(17(22)23)15(11-24-16)9-13-3-5-14(18)6-4-13/h2-8,12,15-16H,9-11H2,1H3,(H,22,23)/t12-,15-,16+/m0/s1. The Kier molecular flexibility index (Phi) is 5.06. The maximum atomic E-state index is 11.7. The second-order valence-corrected chi connectivity index (χ2v) is 6.45. The lowest BCUT2D eigenvalue weighted by Gasteiger charge is -2.40. The minimum atomic E-state index is -0.921. The molecule has 1 amide bonds. The monoisotopic (exact) mass is 349 g/mol. The van der Waals surface area contributed by atoms with Crippen LogP contribution in [0, 0.1) is 0 Å². The first kappa shape index (κ1) is 16.8. The van der Waals surface area contributed by atoms with Crippen LogP contribution < -0.4 is 0 Å². The zero-order valence-corrected chi connectivity index (χ0v) is 14.1. The molecule has 24 heavy (non-hydrogen) atoms. The third kappa shape index (κ3) is 3.71. The zero-order chi connectivity index (χ0) is 17.1. The van der Waals surface area contributed by atoms with E-state index in [4.69, 9.17) is 16.3 Å². The predicted octanol–water partition coefficient (Wildman–Crippen LogP) is 3.09. The van der Waals surface area contributed by atoms with E-state index >= 15 is 0 Å². The van der Waals surface area contributed by atoms with Crippen LogP contribution in [0.2, 0.25) is 5.02 Å². The van der Waals surface area contributed by atoms with Crippen molar-refractivity contribution in [3.63, 3.8) is 0 Å². The number of halogens is 1. The Hall–Kier alpha value is -2.05. The molecular formula is C17H20ClN3O3. The molecule has 0 unspecified atom stereocenters. The molecule has 3 atom stereocenters. The van der Waals surface area contributed by atoms with Crippen molar-refractivity contribution in [3.8, 4) is 0 Å². The Morgan fingerprint density at radius 2 is 2.21 bits per heavy atom. The molecule has 1 aliphatic heterocycles. The summed E-state index contributed by atoms with van der Waals surface area (Å²) in [4.78, 5) is 13.2. The molecule has 1 saturated heterocycles. The van der Waals surface area contributed by atoms with Gasteiger partial charge < -0.3 is 14.7 Å². The second-order valence-electron chi connectivity index (χ2n) is 6.02. The van der Waals surface area contributed by atoms with Gasteiger partial charge in [0.1, 0.15) is 0 Å². The summed E-state index contributed by atoms with van der Waals surface area (Å²) in [5.41, 5.74) is 1.04. The maximum absolute atomic E-state index is 11.7. The highest BCUT2D eigenvalue weighted by Crippen LogP contribution is 2.23. The average molecular weight is 350 g/mol. The number of benzene rings is 1. The van der Waals surface area contributed by atoms with Gasteiger partial charge in [0, 0.05) is 17.4 Å². The molecule has 1 aromatic heterocycles. The zero-order valence-electron chi connectivity index (χ0n) is 13.4. The van der Waals surface area contributed by atoms with Gasteiger partial charge in [0.15, 0.2) is 0 Å². The van der Waals surface area contributed by atoms with Crippen LogP contribution in [0.25, 0.3) is 0 Å². The summed E-state index contributed by atoms with van der Waals surface area (Å²) in [5, 5.41) is 14.5. The van der Waals surface area contributed by atoms with Crippen molar-refractivity contribution in [1.29, 1.82) is 0 Å². The van der Waals surface area contributed by atoms with Gasteiger partial charge in [-0.05, 0) is 37.1 Å². The number of nitrogens with zero attached hydrogens (tertiary/aromatic N) is 3. The minimum absolute atomic E-state index is 0.0293. The number of ether oxygens (including phenoxy) is 1. The van der Waals surface area contributed by atoms with Crippen LogP contribution >= 0.6 is 11.6 Å². The number of hydrogen-bond donors (Lipinski definition) is 1. The molecule has 0 bridgehead atoms. The molecule has 0 saturated carbocycles. The van der Waals surface area contributed by atoms with Crippen LogP contribution in [0.15, 0.2) is 42.7 Å². The van der Waals surface area contributed by atoms with Gasteiger partial charge in [-0.2, -0.15) is 5.10 Å². The molecule has 0 radical (unpaired) electrons. The van der Waals surface area contributed by atoms with Crippen molar-refractivity contribution in [2.75, 3.05) is 13.2 Å². The fourth-order valence-electron chi connectivity index (χ4n) is 3.00. The maximum Gasteiger partial charge on any atom is 0.407 e. The Bertz CT molecular complexity index is 675. The van der Waals surface area contributed by atoms with Crippen LogP contribution in [0.1, 0.15) is 18.5 Å². The van der Waals surface area contributed by atoms with Gasteiger partial charge in [0.2, 0.25) is 0 Å². The quantitative estimate of drug-likeness (QED) is 0.921. The van der Waals surface area contributed by atoms with E-state index in [0.717, 1.165) is 5.56 Å². The summed E-state index contributed by atoms with van der Waals surface area (Å²) in [5.74, 6) is 0. The molecule has 0 aliphatic carbocycles. The van der Waals surface area contributed by atoms with Gasteiger partial charge in [0.25, 0.3) is 0 Å². The number of carboxylic acid groups (broad SMARTS) is 1. The number of carbonyl (C=O) groups is 1. The van der Waals surface area contributed by atoms with E-state index in [2.05, 4.69) is 5.10 Å². The van der Waals surface area contributed by atoms with E-state index in [1.807, 2.05) is 43.5 Å². The van der Waals surface area contributed by atoms with Crippen molar-refractivity contribution in [3.05, 3.63) is 53.3 Å². The van der Waals surface area contributed by atoms with Gasteiger partial charge in [-0.25, -0.2) is 4.79 Å².